The normalized spacial score (nSPS) is 15.2. The molecule has 164 valence electrons. The van der Waals surface area contributed by atoms with Gasteiger partial charge in [0.25, 0.3) is 0 Å². The maximum absolute atomic E-state index is 12.8. The lowest BCUT2D eigenvalue weighted by atomic mass is 9.76. The molecule has 0 aromatic heterocycles. The Morgan fingerprint density at radius 2 is 1.66 bits per heavy atom. The van der Waals surface area contributed by atoms with Crippen molar-refractivity contribution in [1.29, 1.82) is 0 Å². The maximum Gasteiger partial charge on any atom is 0.341 e. The molecule has 0 fully saturated rings. The molecule has 0 aliphatic heterocycles. The van der Waals surface area contributed by atoms with Gasteiger partial charge in [-0.3, -0.25) is 4.79 Å². The predicted molar refractivity (Wildman–Crippen MR) is 115 cm³/mol. The quantitative estimate of drug-likeness (QED) is 0.439. The molecular formula is C25H22O7. The molecule has 4 N–H and O–H groups in total. The molecule has 0 saturated heterocycles. The molecule has 0 radical (unpaired) electrons. The minimum absolute atomic E-state index is 0.01000. The van der Waals surface area contributed by atoms with Gasteiger partial charge in [0.1, 0.15) is 17.3 Å². The van der Waals surface area contributed by atoms with Gasteiger partial charge in [-0.15, -0.1) is 0 Å². The summed E-state index contributed by atoms with van der Waals surface area (Å²) >= 11 is 0. The Morgan fingerprint density at radius 1 is 0.969 bits per heavy atom. The van der Waals surface area contributed by atoms with Crippen LogP contribution in [0.3, 0.4) is 0 Å². The largest absolute Gasteiger partial charge is 0.508 e. The van der Waals surface area contributed by atoms with Crippen molar-refractivity contribution < 1.29 is 34.8 Å². The second-order valence-corrected chi connectivity index (χ2v) is 7.86. The van der Waals surface area contributed by atoms with Gasteiger partial charge in [-0.1, -0.05) is 24.3 Å². The first-order valence-corrected chi connectivity index (χ1v) is 10.1. The molecule has 1 aliphatic carbocycles. The number of phenolic OH excluding ortho intramolecular Hbond substituents is 3. The van der Waals surface area contributed by atoms with Crippen LogP contribution in [0.4, 0.5) is 0 Å². The van der Waals surface area contributed by atoms with Gasteiger partial charge in [0.2, 0.25) is 0 Å². The lowest BCUT2D eigenvalue weighted by Crippen LogP contribution is -2.25. The molecule has 0 bridgehead atoms. The van der Waals surface area contributed by atoms with E-state index in [0.29, 0.717) is 24.2 Å². The van der Waals surface area contributed by atoms with Gasteiger partial charge in [0.05, 0.1) is 0 Å². The minimum atomic E-state index is -1.06. The zero-order valence-electron chi connectivity index (χ0n) is 17.1. The molecule has 1 unspecified atom stereocenters. The number of hydrogen-bond acceptors (Lipinski definition) is 6. The Bertz CT molecular complexity index is 1160. The van der Waals surface area contributed by atoms with E-state index >= 15 is 0 Å². The molecule has 7 nitrogen and oxygen atoms in total. The van der Waals surface area contributed by atoms with Crippen LogP contribution in [0, 0.1) is 0 Å². The fraction of sp³-hybridized carbons (Fsp3) is 0.200. The highest BCUT2D eigenvalue weighted by Crippen LogP contribution is 2.42. The van der Waals surface area contributed by atoms with Crippen LogP contribution in [0.25, 0.3) is 0 Å². The van der Waals surface area contributed by atoms with Crippen molar-refractivity contribution in [3.8, 4) is 23.0 Å². The summed E-state index contributed by atoms with van der Waals surface area (Å²) in [7, 11) is 0. The van der Waals surface area contributed by atoms with Crippen LogP contribution in [0.5, 0.6) is 23.0 Å². The topological polar surface area (TPSA) is 124 Å². The number of carboxylic acids is 1. The van der Waals surface area contributed by atoms with Gasteiger partial charge < -0.3 is 25.2 Å². The second kappa shape index (κ2) is 8.63. The molecule has 1 atom stereocenters. The number of carbonyl (C=O) groups is 2. The van der Waals surface area contributed by atoms with Gasteiger partial charge in [-0.05, 0) is 65.4 Å². The Labute approximate surface area is 184 Å². The molecule has 3 aromatic rings. The average Bonchev–Trinajstić information content (AvgIpc) is 2.77. The molecule has 32 heavy (non-hydrogen) atoms. The third-order valence-electron chi connectivity index (χ3n) is 5.71. The molecule has 7 heteroatoms. The monoisotopic (exact) mass is 434 g/mol. The minimum Gasteiger partial charge on any atom is -0.508 e. The predicted octanol–water partition coefficient (Wildman–Crippen LogP) is 3.31. The number of carbonyl (C=O) groups excluding carboxylic acids is 1. The first-order chi connectivity index (χ1) is 15.3. The zero-order chi connectivity index (χ0) is 22.8. The Hall–Kier alpha value is -4.00. The fourth-order valence-corrected chi connectivity index (χ4v) is 4.11. The zero-order valence-corrected chi connectivity index (χ0v) is 17.1. The molecule has 0 spiro atoms. The number of Topliss-reactive ketones (excluding diaryl/α,β-unsaturated/α-hetero) is 1. The van der Waals surface area contributed by atoms with Gasteiger partial charge >= 0.3 is 5.97 Å². The summed E-state index contributed by atoms with van der Waals surface area (Å²) in [6.45, 7) is -0.425. The van der Waals surface area contributed by atoms with E-state index in [1.807, 2.05) is 0 Å². The maximum atomic E-state index is 12.8. The summed E-state index contributed by atoms with van der Waals surface area (Å²) < 4.78 is 5.15. The van der Waals surface area contributed by atoms with Gasteiger partial charge in [-0.2, -0.15) is 0 Å². The SMILES string of the molecule is O=C(O)COc1ccc(Cc2cc(O)c(O)c3c2CC(c2ccc(O)cc2)C(=O)C3)cc1. The lowest BCUT2D eigenvalue weighted by molar-refractivity contribution is -0.139. The van der Waals surface area contributed by atoms with E-state index in [9.17, 15) is 24.9 Å². The standard InChI is InChI=1S/C25H22O7/c26-17-5-3-15(4-6-17)20-11-19-16(10-23(28)25(31)21(19)12-22(20)27)9-14-1-7-18(8-2-14)32-13-24(29)30/h1-8,10,20,26,28,31H,9,11-13H2,(H,29,30). The fourth-order valence-electron chi connectivity index (χ4n) is 4.11. The van der Waals surface area contributed by atoms with Gasteiger partial charge in [0, 0.05) is 17.9 Å². The van der Waals surface area contributed by atoms with Crippen LogP contribution in [0.2, 0.25) is 0 Å². The van der Waals surface area contributed by atoms with E-state index in [1.165, 1.54) is 6.07 Å². The molecule has 3 aromatic carbocycles. The molecule has 1 aliphatic rings. The van der Waals surface area contributed by atoms with Crippen LogP contribution in [0.1, 0.15) is 33.7 Å². The summed E-state index contributed by atoms with van der Waals surface area (Å²) in [4.78, 5) is 23.5. The Balaban J connectivity index is 1.64. The van der Waals surface area contributed by atoms with Gasteiger partial charge in [-0.25, -0.2) is 4.79 Å². The summed E-state index contributed by atoms with van der Waals surface area (Å²) in [6, 6.07) is 15.0. The second-order valence-electron chi connectivity index (χ2n) is 7.86. The summed E-state index contributed by atoms with van der Waals surface area (Å²) in [6.07, 6.45) is 0.837. The first kappa shape index (κ1) is 21.2. The van der Waals surface area contributed by atoms with Gasteiger partial charge in [0.15, 0.2) is 18.1 Å². The van der Waals surface area contributed by atoms with E-state index in [2.05, 4.69) is 0 Å². The van der Waals surface area contributed by atoms with E-state index in [0.717, 1.165) is 22.3 Å². The summed E-state index contributed by atoms with van der Waals surface area (Å²) in [5.41, 5.74) is 3.76. The number of hydrogen-bond donors (Lipinski definition) is 4. The van der Waals surface area contributed by atoms with Crippen LogP contribution in [0.15, 0.2) is 54.6 Å². The van der Waals surface area contributed by atoms with E-state index < -0.39 is 18.5 Å². The number of carboxylic acid groups (broad SMARTS) is 1. The van der Waals surface area contributed by atoms with E-state index in [4.69, 9.17) is 9.84 Å². The number of ketones is 1. The van der Waals surface area contributed by atoms with Crippen molar-refractivity contribution in [2.75, 3.05) is 6.61 Å². The van der Waals surface area contributed by atoms with Crippen molar-refractivity contribution in [3.63, 3.8) is 0 Å². The number of rotatable bonds is 6. The highest BCUT2D eigenvalue weighted by atomic mass is 16.5. The molecule has 4 rings (SSSR count). The lowest BCUT2D eigenvalue weighted by Gasteiger charge is -2.27. The molecule has 0 amide bonds. The Morgan fingerprint density at radius 3 is 2.31 bits per heavy atom. The van der Waals surface area contributed by atoms with Crippen molar-refractivity contribution >= 4 is 11.8 Å². The molecular weight excluding hydrogens is 412 g/mol. The summed E-state index contributed by atoms with van der Waals surface area (Å²) in [5, 5.41) is 38.9. The average molecular weight is 434 g/mol. The number of fused-ring (bicyclic) bond motifs is 1. The molecule has 0 saturated carbocycles. The van der Waals surface area contributed by atoms with Crippen molar-refractivity contribution in [2.45, 2.75) is 25.2 Å². The van der Waals surface area contributed by atoms with E-state index in [-0.39, 0.29) is 29.5 Å². The van der Waals surface area contributed by atoms with Crippen molar-refractivity contribution in [1.82, 2.24) is 0 Å². The number of benzene rings is 3. The number of phenols is 3. The van der Waals surface area contributed by atoms with Crippen LogP contribution in [-0.2, 0) is 28.9 Å². The van der Waals surface area contributed by atoms with Crippen LogP contribution >= 0.6 is 0 Å². The smallest absolute Gasteiger partial charge is 0.341 e. The van der Waals surface area contributed by atoms with Crippen molar-refractivity contribution in [2.24, 2.45) is 0 Å². The third kappa shape index (κ3) is 4.37. The first-order valence-electron chi connectivity index (χ1n) is 10.1. The Kier molecular flexibility index (Phi) is 5.73. The highest BCUT2D eigenvalue weighted by molar-refractivity contribution is 5.91. The van der Waals surface area contributed by atoms with Crippen molar-refractivity contribution in [3.05, 3.63) is 82.4 Å². The van der Waals surface area contributed by atoms with Crippen LogP contribution in [-0.4, -0.2) is 38.8 Å². The van der Waals surface area contributed by atoms with E-state index in [1.54, 1.807) is 48.5 Å². The third-order valence-corrected chi connectivity index (χ3v) is 5.71. The number of aromatic hydroxyl groups is 3. The molecule has 0 heterocycles. The van der Waals surface area contributed by atoms with Crippen LogP contribution < -0.4 is 4.74 Å². The summed E-state index contributed by atoms with van der Waals surface area (Å²) in [5.74, 6) is -1.50. The number of aliphatic carboxylic acids is 1. The highest BCUT2D eigenvalue weighted by Gasteiger charge is 2.32. The number of ether oxygens (including phenoxy) is 1.